The zero-order chi connectivity index (χ0) is 19.1. The zero-order valence-electron chi connectivity index (χ0n) is 15.2. The van der Waals surface area contributed by atoms with E-state index in [2.05, 4.69) is 10.3 Å². The van der Waals surface area contributed by atoms with Crippen LogP contribution in [0.1, 0.15) is 30.1 Å². The largest absolute Gasteiger partial charge is 0.494 e. The van der Waals surface area contributed by atoms with Crippen LogP contribution in [0.4, 0.5) is 5.69 Å². The molecule has 0 saturated carbocycles. The summed E-state index contributed by atoms with van der Waals surface area (Å²) in [5.74, 6) is 0.233. The molecular formula is C21H22N2O4. The van der Waals surface area contributed by atoms with E-state index in [1.807, 2.05) is 36.5 Å². The number of anilines is 1. The number of aromatic amines is 1. The van der Waals surface area contributed by atoms with E-state index < -0.39 is 0 Å². The Morgan fingerprint density at radius 1 is 1.11 bits per heavy atom. The van der Waals surface area contributed by atoms with Gasteiger partial charge >= 0.3 is 5.97 Å². The highest BCUT2D eigenvalue weighted by atomic mass is 16.5. The molecular weight excluding hydrogens is 344 g/mol. The minimum Gasteiger partial charge on any atom is -0.494 e. The number of aromatic nitrogens is 1. The number of fused-ring (bicyclic) bond motifs is 1. The van der Waals surface area contributed by atoms with Gasteiger partial charge in [-0.3, -0.25) is 9.59 Å². The number of benzene rings is 2. The van der Waals surface area contributed by atoms with Gasteiger partial charge < -0.3 is 19.8 Å². The van der Waals surface area contributed by atoms with Crippen LogP contribution < -0.4 is 10.1 Å². The minimum atomic E-state index is -0.221. The van der Waals surface area contributed by atoms with Crippen LogP contribution in [0.2, 0.25) is 0 Å². The number of esters is 1. The number of carbonyl (C=O) groups is 2. The maximum atomic E-state index is 12.5. The molecule has 0 aliphatic heterocycles. The van der Waals surface area contributed by atoms with Gasteiger partial charge in [0.25, 0.3) is 5.91 Å². The molecule has 27 heavy (non-hydrogen) atoms. The lowest BCUT2D eigenvalue weighted by Crippen LogP contribution is -2.12. The predicted octanol–water partition coefficient (Wildman–Crippen LogP) is 4.14. The Balaban J connectivity index is 1.55. The summed E-state index contributed by atoms with van der Waals surface area (Å²) in [7, 11) is 0. The summed E-state index contributed by atoms with van der Waals surface area (Å²) >= 11 is 0. The number of amides is 1. The van der Waals surface area contributed by atoms with Crippen molar-refractivity contribution in [2.75, 3.05) is 18.5 Å². The molecule has 2 N–H and O–H groups in total. The fourth-order valence-electron chi connectivity index (χ4n) is 2.70. The van der Waals surface area contributed by atoms with Crippen molar-refractivity contribution >= 4 is 28.5 Å². The van der Waals surface area contributed by atoms with Gasteiger partial charge in [-0.2, -0.15) is 0 Å². The lowest BCUT2D eigenvalue weighted by molar-refractivity contribution is -0.143. The maximum absolute atomic E-state index is 12.5. The normalized spacial score (nSPS) is 10.6. The van der Waals surface area contributed by atoms with E-state index in [9.17, 15) is 9.59 Å². The van der Waals surface area contributed by atoms with Crippen LogP contribution in [0.3, 0.4) is 0 Å². The van der Waals surface area contributed by atoms with Crippen LogP contribution >= 0.6 is 0 Å². The summed E-state index contributed by atoms with van der Waals surface area (Å²) in [4.78, 5) is 26.9. The lowest BCUT2D eigenvalue weighted by atomic mass is 10.1. The van der Waals surface area contributed by atoms with Crippen molar-refractivity contribution < 1.29 is 19.1 Å². The van der Waals surface area contributed by atoms with Crippen LogP contribution in [-0.2, 0) is 9.53 Å². The van der Waals surface area contributed by atoms with Crippen molar-refractivity contribution in [2.24, 2.45) is 0 Å². The molecule has 0 unspecified atom stereocenters. The van der Waals surface area contributed by atoms with Crippen LogP contribution in [-0.4, -0.2) is 30.1 Å². The predicted molar refractivity (Wildman–Crippen MR) is 104 cm³/mol. The van der Waals surface area contributed by atoms with Gasteiger partial charge in [0.1, 0.15) is 5.75 Å². The second-order valence-electron chi connectivity index (χ2n) is 6.02. The molecule has 3 aromatic rings. The molecule has 1 aromatic heterocycles. The van der Waals surface area contributed by atoms with Crippen LogP contribution in [0.25, 0.3) is 10.9 Å². The highest BCUT2D eigenvalue weighted by Crippen LogP contribution is 2.20. The first kappa shape index (κ1) is 18.5. The lowest BCUT2D eigenvalue weighted by Gasteiger charge is -2.09. The van der Waals surface area contributed by atoms with Gasteiger partial charge in [-0.25, -0.2) is 0 Å². The Labute approximate surface area is 157 Å². The second-order valence-corrected chi connectivity index (χ2v) is 6.02. The fraction of sp³-hybridized carbons (Fsp3) is 0.238. The third-order valence-electron chi connectivity index (χ3n) is 4.01. The molecule has 1 amide bonds. The number of carbonyl (C=O) groups excluding carboxylic acids is 2. The molecule has 0 atom stereocenters. The summed E-state index contributed by atoms with van der Waals surface area (Å²) in [5, 5.41) is 3.86. The minimum absolute atomic E-state index is 0.183. The quantitative estimate of drug-likeness (QED) is 0.464. The topological polar surface area (TPSA) is 80.4 Å². The number of nitrogens with one attached hydrogen (secondary N) is 2. The summed E-state index contributed by atoms with van der Waals surface area (Å²) in [5.41, 5.74) is 2.23. The highest BCUT2D eigenvalue weighted by Gasteiger charge is 2.08. The van der Waals surface area contributed by atoms with Gasteiger partial charge in [0.2, 0.25) is 0 Å². The molecule has 6 nitrogen and oxygen atoms in total. The van der Waals surface area contributed by atoms with Gasteiger partial charge in [-0.1, -0.05) is 6.07 Å². The standard InChI is InChI=1S/C21H22N2O4/c1-2-26-20(24)7-4-12-27-18-6-3-5-17(14-18)23-21(25)16-8-9-19-15(13-16)10-11-22-19/h3,5-6,8-11,13-14,22H,2,4,7,12H2,1H3,(H,23,25). The Morgan fingerprint density at radius 3 is 2.85 bits per heavy atom. The average molecular weight is 366 g/mol. The monoisotopic (exact) mass is 366 g/mol. The van der Waals surface area contributed by atoms with E-state index in [0.29, 0.717) is 43.1 Å². The maximum Gasteiger partial charge on any atom is 0.305 e. The summed E-state index contributed by atoms with van der Waals surface area (Å²) < 4.78 is 10.5. The molecule has 0 aliphatic rings. The molecule has 0 spiro atoms. The number of ether oxygens (including phenoxy) is 2. The van der Waals surface area contributed by atoms with Gasteiger partial charge in [0.15, 0.2) is 0 Å². The Morgan fingerprint density at radius 2 is 2.00 bits per heavy atom. The number of rotatable bonds is 8. The van der Waals surface area contributed by atoms with Crippen molar-refractivity contribution in [1.82, 2.24) is 4.98 Å². The van der Waals surface area contributed by atoms with Gasteiger partial charge in [0.05, 0.1) is 13.2 Å². The molecule has 1 heterocycles. The molecule has 6 heteroatoms. The van der Waals surface area contributed by atoms with E-state index in [1.54, 1.807) is 25.1 Å². The number of H-pyrrole nitrogens is 1. The molecule has 2 aromatic carbocycles. The molecule has 0 aliphatic carbocycles. The van der Waals surface area contributed by atoms with E-state index >= 15 is 0 Å². The first-order valence-electron chi connectivity index (χ1n) is 8.92. The Hall–Kier alpha value is -3.28. The number of hydrogen-bond acceptors (Lipinski definition) is 4. The van der Waals surface area contributed by atoms with Gasteiger partial charge in [0, 0.05) is 40.8 Å². The molecule has 140 valence electrons. The molecule has 0 fully saturated rings. The number of hydrogen-bond donors (Lipinski definition) is 2. The van der Waals surface area contributed by atoms with Crippen molar-refractivity contribution in [3.63, 3.8) is 0 Å². The van der Waals surface area contributed by atoms with Gasteiger partial charge in [-0.15, -0.1) is 0 Å². The summed E-state index contributed by atoms with van der Waals surface area (Å²) in [6.45, 7) is 2.57. The SMILES string of the molecule is CCOC(=O)CCCOc1cccc(NC(=O)c2ccc3[nH]ccc3c2)c1. The van der Waals surface area contributed by atoms with Crippen molar-refractivity contribution in [3.05, 3.63) is 60.3 Å². The van der Waals surface area contributed by atoms with E-state index in [0.717, 1.165) is 10.9 Å². The fourth-order valence-corrected chi connectivity index (χ4v) is 2.70. The zero-order valence-corrected chi connectivity index (χ0v) is 15.2. The summed E-state index contributed by atoms with van der Waals surface area (Å²) in [6.07, 6.45) is 2.74. The van der Waals surface area contributed by atoms with Crippen LogP contribution in [0, 0.1) is 0 Å². The Kier molecular flexibility index (Phi) is 6.10. The average Bonchev–Trinajstić information content (AvgIpc) is 3.13. The smallest absolute Gasteiger partial charge is 0.305 e. The molecule has 0 saturated heterocycles. The first-order chi connectivity index (χ1) is 13.2. The highest BCUT2D eigenvalue weighted by molar-refractivity contribution is 6.06. The van der Waals surface area contributed by atoms with Crippen LogP contribution in [0.5, 0.6) is 5.75 Å². The van der Waals surface area contributed by atoms with E-state index in [4.69, 9.17) is 9.47 Å². The molecule has 3 rings (SSSR count). The van der Waals surface area contributed by atoms with E-state index in [-0.39, 0.29) is 11.9 Å². The molecule has 0 bridgehead atoms. The third kappa shape index (κ3) is 5.10. The first-order valence-corrected chi connectivity index (χ1v) is 8.92. The third-order valence-corrected chi connectivity index (χ3v) is 4.01. The van der Waals surface area contributed by atoms with Crippen molar-refractivity contribution in [3.8, 4) is 5.75 Å². The van der Waals surface area contributed by atoms with Gasteiger partial charge in [-0.05, 0) is 49.7 Å². The van der Waals surface area contributed by atoms with Crippen molar-refractivity contribution in [1.29, 1.82) is 0 Å². The van der Waals surface area contributed by atoms with Crippen molar-refractivity contribution in [2.45, 2.75) is 19.8 Å². The summed E-state index contributed by atoms with van der Waals surface area (Å²) in [6, 6.07) is 14.6. The molecule has 0 radical (unpaired) electrons. The second kappa shape index (κ2) is 8.89. The van der Waals surface area contributed by atoms with Crippen LogP contribution in [0.15, 0.2) is 54.7 Å². The Bertz CT molecular complexity index is 933. The van der Waals surface area contributed by atoms with E-state index in [1.165, 1.54) is 0 Å².